The maximum absolute atomic E-state index is 11.5. The molecule has 1 unspecified atom stereocenters. The maximum Gasteiger partial charge on any atom is 0.314 e. The largest absolute Gasteiger partial charge is 0.481 e. The van der Waals surface area contributed by atoms with Crippen LogP contribution in [0.2, 0.25) is 0 Å². The van der Waals surface area contributed by atoms with Crippen LogP contribution in [0.3, 0.4) is 0 Å². The number of carboxylic acids is 1. The molecule has 0 aromatic carbocycles. The summed E-state index contributed by atoms with van der Waals surface area (Å²) in [5, 5.41) is 14.3. The number of aliphatic carboxylic acids is 1. The first-order chi connectivity index (χ1) is 8.74. The SMILES string of the molecule is CCC(CCNC(=O)NCC(C)(C)C)CCC(=O)O. The van der Waals surface area contributed by atoms with E-state index in [0.717, 1.165) is 12.8 Å². The van der Waals surface area contributed by atoms with E-state index in [0.29, 0.717) is 25.4 Å². The van der Waals surface area contributed by atoms with E-state index in [-0.39, 0.29) is 17.9 Å². The molecule has 0 aliphatic heterocycles. The van der Waals surface area contributed by atoms with Crippen LogP contribution in [0.4, 0.5) is 4.79 Å². The number of urea groups is 1. The number of carbonyl (C=O) groups excluding carboxylic acids is 1. The Morgan fingerprint density at radius 2 is 1.79 bits per heavy atom. The van der Waals surface area contributed by atoms with Crippen LogP contribution in [-0.2, 0) is 4.79 Å². The Morgan fingerprint density at radius 1 is 1.16 bits per heavy atom. The summed E-state index contributed by atoms with van der Waals surface area (Å²) in [5.41, 5.74) is 0.0742. The van der Waals surface area contributed by atoms with Gasteiger partial charge >= 0.3 is 12.0 Å². The Kier molecular flexibility index (Phi) is 8.19. The normalized spacial score (nSPS) is 12.8. The first kappa shape index (κ1) is 17.7. The molecular formula is C14H28N2O3. The molecule has 0 radical (unpaired) electrons. The lowest BCUT2D eigenvalue weighted by molar-refractivity contribution is -0.137. The number of rotatable bonds is 8. The Balaban J connectivity index is 3.75. The van der Waals surface area contributed by atoms with Gasteiger partial charge in [0.2, 0.25) is 0 Å². The lowest BCUT2D eigenvalue weighted by atomic mass is 9.96. The van der Waals surface area contributed by atoms with Gasteiger partial charge in [-0.2, -0.15) is 0 Å². The molecular weight excluding hydrogens is 244 g/mol. The van der Waals surface area contributed by atoms with E-state index in [1.54, 1.807) is 0 Å². The minimum atomic E-state index is -0.755. The van der Waals surface area contributed by atoms with E-state index < -0.39 is 5.97 Å². The summed E-state index contributed by atoms with van der Waals surface area (Å²) in [7, 11) is 0. The summed E-state index contributed by atoms with van der Waals surface area (Å²) >= 11 is 0. The molecule has 0 saturated carbocycles. The zero-order valence-corrected chi connectivity index (χ0v) is 12.6. The first-order valence-corrected chi connectivity index (χ1v) is 6.98. The number of amides is 2. The molecule has 0 rings (SSSR count). The van der Waals surface area contributed by atoms with Crippen LogP contribution in [0.15, 0.2) is 0 Å². The molecule has 3 N–H and O–H groups in total. The van der Waals surface area contributed by atoms with Crippen LogP contribution < -0.4 is 10.6 Å². The van der Waals surface area contributed by atoms with Crippen LogP contribution in [0.1, 0.15) is 53.4 Å². The van der Waals surface area contributed by atoms with E-state index >= 15 is 0 Å². The van der Waals surface area contributed by atoms with Crippen molar-refractivity contribution in [2.24, 2.45) is 11.3 Å². The van der Waals surface area contributed by atoms with Gasteiger partial charge in [0.05, 0.1) is 0 Å². The highest BCUT2D eigenvalue weighted by atomic mass is 16.4. The number of carboxylic acid groups (broad SMARTS) is 1. The zero-order valence-electron chi connectivity index (χ0n) is 12.6. The van der Waals surface area contributed by atoms with Crippen LogP contribution in [0.5, 0.6) is 0 Å². The fraction of sp³-hybridized carbons (Fsp3) is 0.857. The third-order valence-corrected chi connectivity index (χ3v) is 2.96. The Labute approximate surface area is 116 Å². The van der Waals surface area contributed by atoms with Crippen LogP contribution in [0, 0.1) is 11.3 Å². The summed E-state index contributed by atoms with van der Waals surface area (Å²) in [4.78, 5) is 22.0. The van der Waals surface area contributed by atoms with Crippen molar-refractivity contribution in [1.29, 1.82) is 0 Å². The predicted octanol–water partition coefficient (Wildman–Crippen LogP) is 2.61. The first-order valence-electron chi connectivity index (χ1n) is 6.98. The number of nitrogens with one attached hydrogen (secondary N) is 2. The van der Waals surface area contributed by atoms with Crippen molar-refractivity contribution in [2.45, 2.75) is 53.4 Å². The lowest BCUT2D eigenvalue weighted by Crippen LogP contribution is -2.40. The van der Waals surface area contributed by atoms with Crippen LogP contribution >= 0.6 is 0 Å². The van der Waals surface area contributed by atoms with E-state index in [9.17, 15) is 9.59 Å². The van der Waals surface area contributed by atoms with Crippen molar-refractivity contribution in [2.75, 3.05) is 13.1 Å². The minimum Gasteiger partial charge on any atom is -0.481 e. The second kappa shape index (κ2) is 8.77. The van der Waals surface area contributed by atoms with E-state index in [1.807, 2.05) is 6.92 Å². The highest BCUT2D eigenvalue weighted by molar-refractivity contribution is 5.73. The van der Waals surface area contributed by atoms with Crippen LogP contribution in [-0.4, -0.2) is 30.2 Å². The van der Waals surface area contributed by atoms with Gasteiger partial charge in [0.15, 0.2) is 0 Å². The third-order valence-electron chi connectivity index (χ3n) is 2.96. The van der Waals surface area contributed by atoms with Gasteiger partial charge < -0.3 is 15.7 Å². The monoisotopic (exact) mass is 272 g/mol. The second-order valence-electron chi connectivity index (χ2n) is 6.17. The molecule has 0 bridgehead atoms. The van der Waals surface area contributed by atoms with Gasteiger partial charge in [-0.1, -0.05) is 34.1 Å². The lowest BCUT2D eigenvalue weighted by Gasteiger charge is -2.19. The fourth-order valence-corrected chi connectivity index (χ4v) is 1.68. The molecule has 2 amide bonds. The van der Waals surface area contributed by atoms with Gasteiger partial charge in [0.25, 0.3) is 0 Å². The van der Waals surface area contributed by atoms with Crippen LogP contribution in [0.25, 0.3) is 0 Å². The molecule has 0 saturated heterocycles. The van der Waals surface area contributed by atoms with Crippen molar-refractivity contribution in [1.82, 2.24) is 10.6 Å². The molecule has 19 heavy (non-hydrogen) atoms. The summed E-state index contributed by atoms with van der Waals surface area (Å²) in [6.45, 7) is 9.46. The quantitative estimate of drug-likeness (QED) is 0.635. The van der Waals surface area contributed by atoms with E-state index in [4.69, 9.17) is 5.11 Å². The van der Waals surface area contributed by atoms with Crippen molar-refractivity contribution in [3.63, 3.8) is 0 Å². The average molecular weight is 272 g/mol. The maximum atomic E-state index is 11.5. The van der Waals surface area contributed by atoms with E-state index in [2.05, 4.69) is 31.4 Å². The van der Waals surface area contributed by atoms with Crippen molar-refractivity contribution in [3.8, 4) is 0 Å². The molecule has 5 nitrogen and oxygen atoms in total. The van der Waals surface area contributed by atoms with E-state index in [1.165, 1.54) is 0 Å². The molecule has 1 atom stereocenters. The summed E-state index contributed by atoms with van der Waals surface area (Å²) < 4.78 is 0. The molecule has 0 spiro atoms. The minimum absolute atomic E-state index is 0.0742. The number of hydrogen-bond donors (Lipinski definition) is 3. The topological polar surface area (TPSA) is 78.4 Å². The van der Waals surface area contributed by atoms with Gasteiger partial charge in [0.1, 0.15) is 0 Å². The molecule has 0 aliphatic carbocycles. The highest BCUT2D eigenvalue weighted by Gasteiger charge is 2.12. The predicted molar refractivity (Wildman–Crippen MR) is 76.1 cm³/mol. The van der Waals surface area contributed by atoms with Gasteiger partial charge in [-0.15, -0.1) is 0 Å². The standard InChI is InChI=1S/C14H28N2O3/c1-5-11(6-7-12(17)18)8-9-15-13(19)16-10-14(2,3)4/h11H,5-10H2,1-4H3,(H,17,18)(H2,15,16,19). The Hall–Kier alpha value is -1.26. The summed E-state index contributed by atoms with van der Waals surface area (Å²) in [6, 6.07) is -0.150. The van der Waals surface area contributed by atoms with Gasteiger partial charge in [-0.3, -0.25) is 4.79 Å². The van der Waals surface area contributed by atoms with Crippen molar-refractivity contribution in [3.05, 3.63) is 0 Å². The summed E-state index contributed by atoms with van der Waals surface area (Å²) in [6.07, 6.45) is 2.65. The fourth-order valence-electron chi connectivity index (χ4n) is 1.68. The molecule has 0 heterocycles. The molecule has 112 valence electrons. The number of hydrogen-bond acceptors (Lipinski definition) is 2. The summed E-state index contributed by atoms with van der Waals surface area (Å²) in [5.74, 6) is -0.395. The van der Waals surface area contributed by atoms with Crippen molar-refractivity contribution < 1.29 is 14.7 Å². The van der Waals surface area contributed by atoms with Gasteiger partial charge in [0, 0.05) is 19.5 Å². The van der Waals surface area contributed by atoms with Gasteiger partial charge in [-0.05, 0) is 24.2 Å². The van der Waals surface area contributed by atoms with Crippen molar-refractivity contribution >= 4 is 12.0 Å². The van der Waals surface area contributed by atoms with Gasteiger partial charge in [-0.25, -0.2) is 4.79 Å². The molecule has 0 aromatic heterocycles. The Bertz CT molecular complexity index is 285. The Morgan fingerprint density at radius 3 is 2.26 bits per heavy atom. The molecule has 5 heteroatoms. The molecule has 0 aromatic rings. The zero-order chi connectivity index (χ0) is 14.9. The third kappa shape index (κ3) is 11.6. The number of carbonyl (C=O) groups is 2. The second-order valence-corrected chi connectivity index (χ2v) is 6.17. The highest BCUT2D eigenvalue weighted by Crippen LogP contribution is 2.14. The smallest absolute Gasteiger partial charge is 0.314 e. The molecule has 0 fully saturated rings. The molecule has 0 aliphatic rings. The average Bonchev–Trinajstić information content (AvgIpc) is 2.29.